The van der Waals surface area contributed by atoms with Gasteiger partial charge < -0.3 is 24.1 Å². The number of terminal acetylenes is 1. The minimum atomic E-state index is -0.566. The molecule has 9 nitrogen and oxygen atoms in total. The van der Waals surface area contributed by atoms with E-state index in [0.29, 0.717) is 17.1 Å². The normalized spacial score (nSPS) is 12.4. The fraction of sp³-hybridized carbons (Fsp3) is 0.227. The standard InChI is InChI=1S/C18H18ClN3O2.C15H12ClN3O.C11H4.H2/c1-11(23)10-24-15-8-20-18(19)21-16(15)14-9-22-7-3-5-12-4-2-6-13(14)17(12)22;16-15-17-7-12(20)13(18-15)11-8-19-6-2-4-9-3-1-5-10(11)14(9)19;1-3-5-7-9-11-10-8-6-4-2;/h2,4,6,8-9,11,23H,3,5,7,10H2,1H3;1,3,5,7-8,20H,2,4,6H2;1H,2H3;1H/i;;;1+1D. The molecule has 2 aromatic carbocycles. The summed E-state index contributed by atoms with van der Waals surface area (Å²) in [5, 5.41) is 22.1. The van der Waals surface area contributed by atoms with Gasteiger partial charge in [-0.3, -0.25) is 0 Å². The zero-order valence-corrected chi connectivity index (χ0v) is 31.6. The van der Waals surface area contributed by atoms with Crippen molar-refractivity contribution in [3.05, 3.63) is 82.9 Å². The van der Waals surface area contributed by atoms with E-state index in [-0.39, 0.29) is 22.9 Å². The van der Waals surface area contributed by atoms with Gasteiger partial charge in [0.1, 0.15) is 18.0 Å². The van der Waals surface area contributed by atoms with Gasteiger partial charge in [-0.25, -0.2) is 19.9 Å². The number of hydrogen-bond donors (Lipinski definition) is 2. The summed E-state index contributed by atoms with van der Waals surface area (Å²) in [7, 11) is 0. The Balaban J connectivity index is 0.000000170. The first-order valence-corrected chi connectivity index (χ1v) is 18.2. The summed E-state index contributed by atoms with van der Waals surface area (Å²) >= 11 is 11.9. The number of aliphatic hydroxyl groups is 1. The van der Waals surface area contributed by atoms with E-state index in [1.165, 1.54) is 28.4 Å². The maximum atomic E-state index is 10.0. The molecule has 6 heterocycles. The molecule has 2 N–H and O–H groups in total. The molecule has 2 aliphatic heterocycles. The SMILES string of the molecule is C#CC#CC#CC#CC#CC.CC(O)COc1cnc(Cl)nc1-c1cn2c3c(cccc13)CCC2.Oc1cnc(Cl)nc1-c1cn2c3c(cccc13)CCC2.[2H][2H]. The summed E-state index contributed by atoms with van der Waals surface area (Å²) in [6, 6.07) is 12.6. The molecule has 8 rings (SSSR count). The van der Waals surface area contributed by atoms with E-state index in [1.807, 2.05) is 6.20 Å². The van der Waals surface area contributed by atoms with Crippen LogP contribution in [0.15, 0.2) is 61.2 Å². The maximum absolute atomic E-state index is 10.0. The number of nitrogens with zero attached hydrogens (tertiary/aromatic N) is 6. The third-order valence-electron chi connectivity index (χ3n) is 8.68. The van der Waals surface area contributed by atoms with E-state index in [9.17, 15) is 10.2 Å². The summed E-state index contributed by atoms with van der Waals surface area (Å²) in [4.78, 5) is 16.4. The number of rotatable bonds is 5. The summed E-state index contributed by atoms with van der Waals surface area (Å²) < 4.78 is 20.2. The monoisotopic (exact) mass is 768 g/mol. The van der Waals surface area contributed by atoms with Crippen LogP contribution in [0.25, 0.3) is 44.3 Å². The first-order chi connectivity index (χ1) is 27.8. The van der Waals surface area contributed by atoms with Gasteiger partial charge in [-0.1, -0.05) is 42.3 Å². The molecule has 11 heteroatoms. The molecule has 274 valence electrons. The molecule has 4 aromatic heterocycles. The summed E-state index contributed by atoms with van der Waals surface area (Å²) in [6.45, 7) is 5.56. The van der Waals surface area contributed by atoms with Crippen molar-refractivity contribution in [2.45, 2.75) is 58.7 Å². The molecule has 2 aliphatic rings. The highest BCUT2D eigenvalue weighted by Gasteiger charge is 2.22. The van der Waals surface area contributed by atoms with Gasteiger partial charge in [0.05, 0.1) is 29.5 Å². The van der Waals surface area contributed by atoms with Crippen molar-refractivity contribution < 1.29 is 17.9 Å². The molecule has 55 heavy (non-hydrogen) atoms. The number of aliphatic hydroxyl groups excluding tert-OH is 1. The van der Waals surface area contributed by atoms with E-state index >= 15 is 0 Å². The van der Waals surface area contributed by atoms with Crippen LogP contribution in [-0.2, 0) is 25.9 Å². The van der Waals surface area contributed by atoms with E-state index in [0.717, 1.165) is 60.7 Å². The second kappa shape index (κ2) is 18.1. The van der Waals surface area contributed by atoms with Crippen molar-refractivity contribution in [3.8, 4) is 93.7 Å². The first-order valence-electron chi connectivity index (χ1n) is 18.4. The Morgan fingerprint density at radius 3 is 1.91 bits per heavy atom. The number of benzene rings is 2. The Bertz CT molecular complexity index is 2710. The van der Waals surface area contributed by atoms with Crippen LogP contribution in [0, 0.1) is 59.7 Å². The van der Waals surface area contributed by atoms with Gasteiger partial charge in [-0.2, -0.15) is 0 Å². The summed E-state index contributed by atoms with van der Waals surface area (Å²) in [5.41, 5.74) is 8.25. The number of aryl methyl sites for hydroxylation is 4. The van der Waals surface area contributed by atoms with Gasteiger partial charge in [-0.15, -0.1) is 6.42 Å². The number of aromatic nitrogens is 6. The molecule has 0 radical (unpaired) electrons. The Kier molecular flexibility index (Phi) is 12.2. The fourth-order valence-corrected chi connectivity index (χ4v) is 6.82. The van der Waals surface area contributed by atoms with Gasteiger partial charge in [-0.05, 0) is 121 Å². The predicted molar refractivity (Wildman–Crippen MR) is 219 cm³/mol. The van der Waals surface area contributed by atoms with Crippen molar-refractivity contribution in [1.29, 1.82) is 0 Å². The highest BCUT2D eigenvalue weighted by Crippen LogP contribution is 2.39. The lowest BCUT2D eigenvalue weighted by atomic mass is 10.0. The van der Waals surface area contributed by atoms with Crippen LogP contribution in [0.3, 0.4) is 0 Å². The van der Waals surface area contributed by atoms with Crippen molar-refractivity contribution in [2.75, 3.05) is 6.61 Å². The van der Waals surface area contributed by atoms with Gasteiger partial charge in [0, 0.05) is 50.4 Å². The lowest BCUT2D eigenvalue weighted by Crippen LogP contribution is -2.13. The van der Waals surface area contributed by atoms with Gasteiger partial charge in [0.25, 0.3) is 0 Å². The topological polar surface area (TPSA) is 111 Å². The van der Waals surface area contributed by atoms with Gasteiger partial charge in [0.15, 0.2) is 11.5 Å². The Hall–Kier alpha value is -6.38. The molecule has 6 aromatic rings. The highest BCUT2D eigenvalue weighted by atomic mass is 35.5. The van der Waals surface area contributed by atoms with E-state index in [4.69, 9.17) is 37.3 Å². The Morgan fingerprint density at radius 1 is 0.818 bits per heavy atom. The first kappa shape index (κ1) is 37.0. The van der Waals surface area contributed by atoms with E-state index < -0.39 is 6.10 Å². The lowest BCUT2D eigenvalue weighted by Gasteiger charge is -2.14. The lowest BCUT2D eigenvalue weighted by molar-refractivity contribution is 0.122. The smallest absolute Gasteiger partial charge is 0.223 e. The average molecular weight is 770 g/mol. The fourth-order valence-electron chi connectivity index (χ4n) is 6.55. The van der Waals surface area contributed by atoms with E-state index in [2.05, 4.69) is 125 Å². The second-order valence-electron chi connectivity index (χ2n) is 12.5. The summed E-state index contributed by atoms with van der Waals surface area (Å²) in [6.07, 6.45) is 15.8. The largest absolute Gasteiger partial charge is 0.504 e. The van der Waals surface area contributed by atoms with Crippen molar-refractivity contribution in [3.63, 3.8) is 0 Å². The molecule has 0 amide bonds. The zero-order valence-electron chi connectivity index (χ0n) is 32.1. The third kappa shape index (κ3) is 9.05. The van der Waals surface area contributed by atoms with Crippen LogP contribution in [0.2, 0.25) is 10.6 Å². The minimum absolute atomic E-state index is 0.0538. The van der Waals surface area contributed by atoms with Crippen LogP contribution in [-0.4, -0.2) is 52.0 Å². The Morgan fingerprint density at radius 2 is 1.35 bits per heavy atom. The molecule has 0 bridgehead atoms. The Labute approximate surface area is 332 Å². The minimum Gasteiger partial charge on any atom is -0.504 e. The molecule has 0 saturated carbocycles. The van der Waals surface area contributed by atoms with Crippen LogP contribution >= 0.6 is 23.2 Å². The number of para-hydroxylation sites is 2. The molecule has 0 fully saturated rings. The molecular weight excluding hydrogens is 731 g/mol. The van der Waals surface area contributed by atoms with Crippen LogP contribution in [0.1, 0.15) is 40.8 Å². The second-order valence-corrected chi connectivity index (χ2v) is 13.1. The third-order valence-corrected chi connectivity index (χ3v) is 9.05. The molecular formula is C44H36Cl2N6O3. The van der Waals surface area contributed by atoms with Crippen molar-refractivity contribution in [1.82, 2.24) is 29.1 Å². The van der Waals surface area contributed by atoms with Gasteiger partial charge >= 0.3 is 0 Å². The van der Waals surface area contributed by atoms with E-state index in [1.54, 1.807) is 20.0 Å². The summed E-state index contributed by atoms with van der Waals surface area (Å²) in [5.74, 6) is 22.5. The number of aromatic hydroxyl groups is 1. The average Bonchev–Trinajstić information content (AvgIpc) is 3.80. The predicted octanol–water partition coefficient (Wildman–Crippen LogP) is 7.76. The maximum Gasteiger partial charge on any atom is 0.223 e. The molecule has 1 atom stereocenters. The number of ether oxygens (including phenoxy) is 1. The highest BCUT2D eigenvalue weighted by molar-refractivity contribution is 6.28. The molecule has 0 saturated heterocycles. The van der Waals surface area contributed by atoms with Crippen molar-refractivity contribution in [2.24, 2.45) is 0 Å². The van der Waals surface area contributed by atoms with Gasteiger partial charge in [0.2, 0.25) is 10.6 Å². The number of halogens is 2. The molecule has 0 aliphatic carbocycles. The van der Waals surface area contributed by atoms with Crippen LogP contribution < -0.4 is 4.74 Å². The number of hydrogen-bond acceptors (Lipinski definition) is 7. The molecule has 1 unspecified atom stereocenters. The van der Waals surface area contributed by atoms with Crippen LogP contribution in [0.5, 0.6) is 11.5 Å². The van der Waals surface area contributed by atoms with Crippen LogP contribution in [0.4, 0.5) is 0 Å². The molecule has 0 spiro atoms. The van der Waals surface area contributed by atoms with Crippen molar-refractivity contribution >= 4 is 45.0 Å². The zero-order chi connectivity index (χ0) is 40.7. The quantitative estimate of drug-likeness (QED) is 0.136.